The monoisotopic (exact) mass is 1390 g/mol. The van der Waals surface area contributed by atoms with E-state index < -0.39 is 71.7 Å². The number of carbonyl (C=O) groups excluding carboxylic acids is 4. The number of aliphatic hydroxyl groups is 6. The van der Waals surface area contributed by atoms with Crippen LogP contribution < -0.4 is 0 Å². The van der Waals surface area contributed by atoms with Gasteiger partial charge < -0.3 is 40.9 Å². The Hall–Kier alpha value is -3.66. The molecule has 0 aromatic carbocycles. The number of carboxylic acids is 2. The molecule has 14 heteroatoms. The Morgan fingerprint density at radius 3 is 0.490 bits per heavy atom. The molecule has 4 unspecified atom stereocenters. The number of hydrogen-bond donors (Lipinski definition) is 8. The van der Waals surface area contributed by atoms with Crippen molar-refractivity contribution < 1.29 is 69.6 Å². The maximum atomic E-state index is 12.3. The largest absolute Gasteiger partial charge is 0.481 e. The van der Waals surface area contributed by atoms with Gasteiger partial charge in [0.2, 0.25) is 0 Å². The van der Waals surface area contributed by atoms with Gasteiger partial charge in [-0.15, -0.1) is 0 Å². The second-order valence-electron chi connectivity index (χ2n) is 28.0. The topological polar surface area (TPSA) is 264 Å². The fraction of sp³-hybridized carbons (Fsp3) is 0.833. The number of carbonyl (C=O) groups is 6. The van der Waals surface area contributed by atoms with Crippen molar-refractivity contribution in [1.29, 1.82) is 0 Å². The van der Waals surface area contributed by atoms with Crippen LogP contribution in [0.3, 0.4) is 0 Å². The molecule has 0 aliphatic carbocycles. The third kappa shape index (κ3) is 72.1. The van der Waals surface area contributed by atoms with E-state index >= 15 is 0 Å². The highest BCUT2D eigenvalue weighted by Gasteiger charge is 2.34. The van der Waals surface area contributed by atoms with Crippen LogP contribution in [0, 0.1) is 0 Å². The highest BCUT2D eigenvalue weighted by Crippen LogP contribution is 2.19. The third-order valence-electron chi connectivity index (χ3n) is 18.4. The van der Waals surface area contributed by atoms with E-state index in [9.17, 15) is 59.4 Å². The minimum atomic E-state index is -1.75. The van der Waals surface area contributed by atoms with Crippen molar-refractivity contribution in [2.24, 2.45) is 0 Å². The molecule has 0 aromatic heterocycles. The molecule has 0 amide bonds. The van der Waals surface area contributed by atoms with Gasteiger partial charge in [0.15, 0.2) is 23.1 Å². The number of aliphatic hydroxyl groups excluding tert-OH is 6. The number of unbranched alkanes of at least 4 members (excludes halogenated alkanes) is 45. The third-order valence-corrected chi connectivity index (χ3v) is 18.4. The average molecular weight is 1390 g/mol. The molecular formula is C84H154O14. The van der Waals surface area contributed by atoms with Crippen LogP contribution in [-0.4, -0.2) is 113 Å². The lowest BCUT2D eigenvalue weighted by atomic mass is 9.95. The first-order valence-electron chi connectivity index (χ1n) is 40.8. The van der Waals surface area contributed by atoms with Gasteiger partial charge in [0.05, 0.1) is 0 Å². The van der Waals surface area contributed by atoms with Gasteiger partial charge in [-0.1, -0.05) is 282 Å². The summed E-state index contributed by atoms with van der Waals surface area (Å²) in [5, 5.41) is 77.5. The molecule has 4 atom stereocenters. The van der Waals surface area contributed by atoms with Gasteiger partial charge in [0.1, 0.15) is 36.6 Å². The van der Waals surface area contributed by atoms with Crippen LogP contribution in [0.5, 0.6) is 0 Å². The van der Waals surface area contributed by atoms with Crippen LogP contribution >= 0.6 is 0 Å². The zero-order valence-corrected chi connectivity index (χ0v) is 63.5. The van der Waals surface area contributed by atoms with Crippen LogP contribution in [0.25, 0.3) is 0 Å². The molecule has 574 valence electrons. The van der Waals surface area contributed by atoms with Gasteiger partial charge in [-0.05, 0) is 141 Å². The lowest BCUT2D eigenvalue weighted by molar-refractivity contribution is -0.148. The maximum absolute atomic E-state index is 12.3. The van der Waals surface area contributed by atoms with Crippen LogP contribution in [-0.2, 0) is 28.8 Å². The van der Waals surface area contributed by atoms with E-state index in [0.29, 0.717) is 38.5 Å². The van der Waals surface area contributed by atoms with E-state index in [-0.39, 0.29) is 38.5 Å². The lowest BCUT2D eigenvalue weighted by Gasteiger charge is -2.21. The van der Waals surface area contributed by atoms with Crippen LogP contribution in [0.15, 0.2) is 48.6 Å². The molecule has 0 spiro atoms. The Labute approximate surface area is 600 Å². The molecule has 0 bridgehead atoms. The number of Topliss-reactive ketones (excluding diaryl/α,β-unsaturated/α-hetero) is 4. The molecule has 0 aromatic rings. The minimum absolute atomic E-state index is 0.0628. The number of rotatable bonds is 73. The standard InChI is InChI=1S/2C39H72O5.C6H10O4/c2*1-3-5-7-9-11-13-15-17-19-21-23-25-27-29-31-33-35(40)37(42)39(44)38(43)36(41)34-32-30-28-26-24-22-20-18-16-14-12-10-8-6-4-2;7-5(8)3-1-2-4-6(9)10/h2*17-20,37-39,42-44H,3-16,21-34H2,1-2H3;1-4H2,(H,7,8)(H,9,10)/b2*19-17-,20-18-;. The molecule has 0 heterocycles. The van der Waals surface area contributed by atoms with Crippen molar-refractivity contribution in [3.05, 3.63) is 48.6 Å². The number of allylic oxidation sites excluding steroid dienone is 8. The molecule has 8 N–H and O–H groups in total. The second kappa shape index (κ2) is 79.0. The summed E-state index contributed by atoms with van der Waals surface area (Å²) in [7, 11) is 0. The summed E-state index contributed by atoms with van der Waals surface area (Å²) < 4.78 is 0. The number of carboxylic acid groups (broad SMARTS) is 2. The zero-order valence-electron chi connectivity index (χ0n) is 63.5. The van der Waals surface area contributed by atoms with Crippen molar-refractivity contribution in [2.75, 3.05) is 0 Å². The highest BCUT2D eigenvalue weighted by molar-refractivity contribution is 5.88. The predicted octanol–water partition coefficient (Wildman–Crippen LogP) is 21.3. The SMILES string of the molecule is CCCCCCCC/C=C\CCCCCCCC(=O)C(O)C(O)C(O)C(=O)CCCCCCC/C=C\CCCCCCCC.CCCCCCCC/C=C\CCCCCCCC(=O)C(O)C(O)C(O)C(=O)CCCCCCC/C=C\CCCCCCCC.O=C(O)CCCCC(=O)O. The first-order valence-corrected chi connectivity index (χ1v) is 40.8. The summed E-state index contributed by atoms with van der Waals surface area (Å²) in [4.78, 5) is 69.0. The molecule has 0 aliphatic rings. The summed E-state index contributed by atoms with van der Waals surface area (Å²) >= 11 is 0. The zero-order chi connectivity index (χ0) is 73.0. The Bertz CT molecular complexity index is 1660. The Balaban J connectivity index is -0.00000161. The number of hydrogen-bond acceptors (Lipinski definition) is 12. The van der Waals surface area contributed by atoms with Gasteiger partial charge >= 0.3 is 11.9 Å². The summed E-state index contributed by atoms with van der Waals surface area (Å²) in [6.45, 7) is 8.99. The molecule has 98 heavy (non-hydrogen) atoms. The summed E-state index contributed by atoms with van der Waals surface area (Å²) in [5.41, 5.74) is 0. The van der Waals surface area contributed by atoms with Crippen molar-refractivity contribution in [2.45, 2.75) is 450 Å². The maximum Gasteiger partial charge on any atom is 0.303 e. The molecule has 0 saturated carbocycles. The van der Waals surface area contributed by atoms with Gasteiger partial charge in [-0.3, -0.25) is 28.8 Å². The van der Waals surface area contributed by atoms with E-state index in [2.05, 4.69) is 76.3 Å². The lowest BCUT2D eigenvalue weighted by Crippen LogP contribution is -2.45. The molecule has 0 saturated heterocycles. The Morgan fingerprint density at radius 1 is 0.204 bits per heavy atom. The minimum Gasteiger partial charge on any atom is -0.481 e. The van der Waals surface area contributed by atoms with E-state index in [1.807, 2.05) is 0 Å². The fourth-order valence-electron chi connectivity index (χ4n) is 11.7. The number of aliphatic carboxylic acids is 2. The quantitative estimate of drug-likeness (QED) is 0.0208. The first kappa shape index (κ1) is 98.5. The van der Waals surface area contributed by atoms with E-state index in [0.717, 1.165) is 128 Å². The van der Waals surface area contributed by atoms with Crippen LogP contribution in [0.4, 0.5) is 0 Å². The van der Waals surface area contributed by atoms with Crippen molar-refractivity contribution in [3.63, 3.8) is 0 Å². The number of ketones is 4. The smallest absolute Gasteiger partial charge is 0.303 e. The second-order valence-corrected chi connectivity index (χ2v) is 28.0. The molecule has 0 rings (SSSR count). The molecule has 0 radical (unpaired) electrons. The van der Waals surface area contributed by atoms with Gasteiger partial charge in [0.25, 0.3) is 0 Å². The molecular weight excluding hydrogens is 1230 g/mol. The van der Waals surface area contributed by atoms with E-state index in [1.54, 1.807) is 0 Å². The normalized spacial score (nSPS) is 13.5. The summed E-state index contributed by atoms with van der Waals surface area (Å²) in [6, 6.07) is 0. The Morgan fingerprint density at radius 2 is 0.337 bits per heavy atom. The van der Waals surface area contributed by atoms with Crippen molar-refractivity contribution in [1.82, 2.24) is 0 Å². The summed E-state index contributed by atoms with van der Waals surface area (Å²) in [6.07, 6.45) is 70.2. The van der Waals surface area contributed by atoms with Crippen molar-refractivity contribution >= 4 is 35.1 Å². The molecule has 0 fully saturated rings. The van der Waals surface area contributed by atoms with E-state index in [1.165, 1.54) is 180 Å². The van der Waals surface area contributed by atoms with Crippen molar-refractivity contribution in [3.8, 4) is 0 Å². The summed E-state index contributed by atoms with van der Waals surface area (Å²) in [5.74, 6) is -3.73. The Kier molecular flexibility index (Phi) is 79.5. The molecule has 14 nitrogen and oxygen atoms in total. The highest BCUT2D eigenvalue weighted by atomic mass is 16.4. The first-order chi connectivity index (χ1) is 47.5. The van der Waals surface area contributed by atoms with E-state index in [4.69, 9.17) is 10.2 Å². The predicted molar refractivity (Wildman–Crippen MR) is 408 cm³/mol. The van der Waals surface area contributed by atoms with Gasteiger partial charge in [-0.25, -0.2) is 0 Å². The van der Waals surface area contributed by atoms with Crippen LogP contribution in [0.1, 0.15) is 413 Å². The van der Waals surface area contributed by atoms with Crippen LogP contribution in [0.2, 0.25) is 0 Å². The van der Waals surface area contributed by atoms with Gasteiger partial charge in [-0.2, -0.15) is 0 Å². The average Bonchev–Trinajstić information content (AvgIpc) is 0.895. The molecule has 0 aliphatic heterocycles. The van der Waals surface area contributed by atoms with Gasteiger partial charge in [0, 0.05) is 38.5 Å². The fourth-order valence-corrected chi connectivity index (χ4v) is 11.7.